The van der Waals surface area contributed by atoms with E-state index in [1.807, 2.05) is 55.5 Å². The van der Waals surface area contributed by atoms with Crippen molar-refractivity contribution in [2.24, 2.45) is 5.10 Å². The number of carboxylic acid groups (broad SMARTS) is 1. The molecule has 3 rings (SSSR count). The van der Waals surface area contributed by atoms with Gasteiger partial charge in [0, 0.05) is 25.1 Å². The monoisotopic (exact) mass is 521 g/mol. The van der Waals surface area contributed by atoms with E-state index in [1.165, 1.54) is 16.8 Å². The first-order valence-corrected chi connectivity index (χ1v) is 11.8. The highest BCUT2D eigenvalue weighted by Gasteiger charge is 2.28. The molecule has 2 aromatic rings. The van der Waals surface area contributed by atoms with Crippen molar-refractivity contribution in [1.29, 1.82) is 0 Å². The molecule has 0 fully saturated rings. The van der Waals surface area contributed by atoms with E-state index < -0.39 is 10.7 Å². The molecule has 8 nitrogen and oxygen atoms in total. The fraction of sp³-hybridized carbons (Fsp3) is 0.400. The molecule has 0 aromatic heterocycles. The van der Waals surface area contributed by atoms with Gasteiger partial charge in [0.25, 0.3) is 5.91 Å². The maximum atomic E-state index is 12.4. The molecule has 2 aromatic carbocycles. The number of anilines is 1. The van der Waals surface area contributed by atoms with Crippen molar-refractivity contribution < 1.29 is 24.2 Å². The number of aryl methyl sites for hydroxylation is 1. The highest BCUT2D eigenvalue weighted by Crippen LogP contribution is 2.32. The second-order valence-electron chi connectivity index (χ2n) is 8.59. The third-order valence-corrected chi connectivity index (χ3v) is 6.44. The topological polar surface area (TPSA) is 91.7 Å². The first kappa shape index (κ1) is 28.6. The zero-order chi connectivity index (χ0) is 24.7. The third-order valence-electron chi connectivity index (χ3n) is 5.24. The summed E-state index contributed by atoms with van der Waals surface area (Å²) in [6.07, 6.45) is 0. The Labute approximate surface area is 216 Å². The molecule has 0 aliphatic carbocycles. The summed E-state index contributed by atoms with van der Waals surface area (Å²) in [5.74, 6) is -0.596. The average Bonchev–Trinajstić information content (AvgIpc) is 2.79. The molecular weight excluding hydrogens is 490 g/mol. The Morgan fingerprint density at radius 3 is 2.57 bits per heavy atom. The zero-order valence-electron chi connectivity index (χ0n) is 20.4. The van der Waals surface area contributed by atoms with E-state index in [2.05, 4.69) is 10.0 Å². The predicted octanol–water partition coefficient (Wildman–Crippen LogP) is 4.20. The summed E-state index contributed by atoms with van der Waals surface area (Å²) in [7, 11) is 1.65. The lowest BCUT2D eigenvalue weighted by molar-refractivity contribution is -0.138. The number of amides is 1. The van der Waals surface area contributed by atoms with Gasteiger partial charge in [-0.2, -0.15) is 5.01 Å². The molecule has 0 radical (unpaired) electrons. The van der Waals surface area contributed by atoms with E-state index in [4.69, 9.17) is 9.47 Å². The SMILES string of the molecule is COCCN(CC1=NN(c2cccc(C)c2)C(=O)CO1)Cc1ccc(SC(C)(C)C(=O)O)cc1.Cl. The Kier molecular flexibility index (Phi) is 10.6. The second-order valence-corrected chi connectivity index (χ2v) is 10.3. The Balaban J connectivity index is 0.00000432. The normalized spacial score (nSPS) is 13.8. The molecule has 1 amide bonds. The number of methoxy groups -OCH3 is 1. The molecule has 0 spiro atoms. The van der Waals surface area contributed by atoms with Gasteiger partial charge in [-0.1, -0.05) is 24.3 Å². The lowest BCUT2D eigenvalue weighted by Crippen LogP contribution is -2.41. The maximum absolute atomic E-state index is 12.4. The number of ether oxygens (including phenoxy) is 2. The first-order valence-electron chi connectivity index (χ1n) is 11.0. The number of thioether (sulfide) groups is 1. The van der Waals surface area contributed by atoms with Crippen LogP contribution in [-0.2, 0) is 25.6 Å². The van der Waals surface area contributed by atoms with Gasteiger partial charge in [-0.15, -0.1) is 29.3 Å². The van der Waals surface area contributed by atoms with Crippen molar-refractivity contribution in [2.75, 3.05) is 38.4 Å². The average molecular weight is 522 g/mol. The number of rotatable bonds is 11. The zero-order valence-corrected chi connectivity index (χ0v) is 22.0. The Morgan fingerprint density at radius 2 is 1.94 bits per heavy atom. The first-order chi connectivity index (χ1) is 16.2. The van der Waals surface area contributed by atoms with E-state index in [1.54, 1.807) is 21.0 Å². The van der Waals surface area contributed by atoms with Crippen LogP contribution in [0.2, 0.25) is 0 Å². The van der Waals surface area contributed by atoms with Crippen molar-refractivity contribution in [3.63, 3.8) is 0 Å². The number of carbonyl (C=O) groups is 2. The lowest BCUT2D eigenvalue weighted by atomic mass is 10.2. The molecule has 0 atom stereocenters. The number of benzene rings is 2. The van der Waals surface area contributed by atoms with Gasteiger partial charge < -0.3 is 14.6 Å². The van der Waals surface area contributed by atoms with Crippen LogP contribution in [0.3, 0.4) is 0 Å². The van der Waals surface area contributed by atoms with Crippen molar-refractivity contribution >= 4 is 47.6 Å². The molecule has 0 bridgehead atoms. The molecule has 10 heteroatoms. The Bertz CT molecular complexity index is 1050. The number of nitrogens with zero attached hydrogens (tertiary/aromatic N) is 3. The molecule has 190 valence electrons. The van der Waals surface area contributed by atoms with Crippen LogP contribution in [0.5, 0.6) is 0 Å². The van der Waals surface area contributed by atoms with Gasteiger partial charge in [0.2, 0.25) is 5.90 Å². The van der Waals surface area contributed by atoms with Crippen LogP contribution in [0.25, 0.3) is 0 Å². The van der Waals surface area contributed by atoms with Crippen LogP contribution in [0, 0.1) is 6.92 Å². The van der Waals surface area contributed by atoms with Gasteiger partial charge >= 0.3 is 5.97 Å². The van der Waals surface area contributed by atoms with Crippen LogP contribution >= 0.6 is 24.2 Å². The van der Waals surface area contributed by atoms with Gasteiger partial charge in [-0.05, 0) is 56.2 Å². The number of carbonyl (C=O) groups excluding carboxylic acids is 1. The maximum Gasteiger partial charge on any atom is 0.319 e. The molecule has 0 saturated carbocycles. The van der Waals surface area contributed by atoms with E-state index in [9.17, 15) is 14.7 Å². The summed E-state index contributed by atoms with van der Waals surface area (Å²) in [4.78, 5) is 26.8. The molecule has 1 heterocycles. The van der Waals surface area contributed by atoms with Gasteiger partial charge in [-0.25, -0.2) is 0 Å². The van der Waals surface area contributed by atoms with Gasteiger partial charge in [-0.3, -0.25) is 14.5 Å². The highest BCUT2D eigenvalue weighted by molar-refractivity contribution is 8.01. The van der Waals surface area contributed by atoms with Gasteiger partial charge in [0.1, 0.15) is 4.75 Å². The molecular formula is C25H32ClN3O5S. The number of hydrogen-bond acceptors (Lipinski definition) is 7. The summed E-state index contributed by atoms with van der Waals surface area (Å²) >= 11 is 1.31. The van der Waals surface area contributed by atoms with Crippen LogP contribution in [-0.4, -0.2) is 65.9 Å². The van der Waals surface area contributed by atoms with Crippen LogP contribution < -0.4 is 5.01 Å². The minimum absolute atomic E-state index is 0. The number of carboxylic acids is 1. The fourth-order valence-electron chi connectivity index (χ4n) is 3.33. The molecule has 1 aliphatic rings. The van der Waals surface area contributed by atoms with E-state index in [0.29, 0.717) is 37.8 Å². The van der Waals surface area contributed by atoms with Crippen molar-refractivity contribution in [1.82, 2.24) is 4.90 Å². The minimum atomic E-state index is -0.900. The molecule has 35 heavy (non-hydrogen) atoms. The number of halogens is 1. The largest absolute Gasteiger partial charge is 0.480 e. The number of aliphatic carboxylic acids is 1. The van der Waals surface area contributed by atoms with E-state index >= 15 is 0 Å². The Morgan fingerprint density at radius 1 is 1.23 bits per heavy atom. The molecule has 0 unspecified atom stereocenters. The van der Waals surface area contributed by atoms with E-state index in [0.717, 1.165) is 16.0 Å². The summed E-state index contributed by atoms with van der Waals surface area (Å²) in [5.41, 5.74) is 2.83. The minimum Gasteiger partial charge on any atom is -0.480 e. The fourth-order valence-corrected chi connectivity index (χ4v) is 4.27. The predicted molar refractivity (Wildman–Crippen MR) is 140 cm³/mol. The van der Waals surface area contributed by atoms with Crippen molar-refractivity contribution in [3.05, 3.63) is 59.7 Å². The summed E-state index contributed by atoms with van der Waals surface area (Å²) in [5, 5.41) is 15.2. The third kappa shape index (κ3) is 8.24. The van der Waals surface area contributed by atoms with E-state index in [-0.39, 0.29) is 24.9 Å². The second kappa shape index (κ2) is 12.9. The summed E-state index contributed by atoms with van der Waals surface area (Å²) < 4.78 is 10.0. The van der Waals surface area contributed by atoms with Crippen LogP contribution in [0.1, 0.15) is 25.0 Å². The highest BCUT2D eigenvalue weighted by atomic mass is 35.5. The number of hydrogen-bond donors (Lipinski definition) is 1. The summed E-state index contributed by atoms with van der Waals surface area (Å²) in [6.45, 7) is 7.52. The smallest absolute Gasteiger partial charge is 0.319 e. The van der Waals surface area contributed by atoms with Gasteiger partial charge in [0.15, 0.2) is 6.61 Å². The quantitative estimate of drug-likeness (QED) is 0.443. The van der Waals surface area contributed by atoms with Crippen LogP contribution in [0.15, 0.2) is 58.5 Å². The standard InChI is InChI=1S/C25H31N3O5S.ClH/c1-18-6-5-7-20(14-18)28-23(29)17-33-22(26-28)16-27(12-13-32-4)15-19-8-10-21(11-9-19)34-25(2,3)24(30)31;/h5-11,14H,12-13,15-17H2,1-4H3,(H,30,31);1H. The van der Waals surface area contributed by atoms with Crippen molar-refractivity contribution in [3.8, 4) is 0 Å². The molecule has 1 N–H and O–H groups in total. The van der Waals surface area contributed by atoms with Gasteiger partial charge in [0.05, 0.1) is 18.8 Å². The summed E-state index contributed by atoms with van der Waals surface area (Å²) in [6, 6.07) is 15.5. The molecule has 1 aliphatic heterocycles. The van der Waals surface area contributed by atoms with Crippen molar-refractivity contribution in [2.45, 2.75) is 37.0 Å². The lowest BCUT2D eigenvalue weighted by Gasteiger charge is -2.28. The number of hydrazone groups is 1. The Hall–Kier alpha value is -2.59. The molecule has 0 saturated heterocycles. The van der Waals surface area contributed by atoms with Crippen LogP contribution in [0.4, 0.5) is 5.69 Å².